The molecule has 2 aromatic carbocycles. The van der Waals surface area contributed by atoms with Crippen LogP contribution in [0, 0.1) is 6.92 Å². The molecular weight excluding hydrogens is 360 g/mol. The molecule has 0 atom stereocenters. The van der Waals surface area contributed by atoms with Crippen LogP contribution in [-0.4, -0.2) is 31.7 Å². The Morgan fingerprint density at radius 2 is 1.85 bits per heavy atom. The summed E-state index contributed by atoms with van der Waals surface area (Å²) in [5, 5.41) is 3.13. The second-order valence-electron chi connectivity index (χ2n) is 6.36. The number of benzene rings is 2. The molecule has 1 radical (unpaired) electrons. The fraction of sp³-hybridized carbons (Fsp3) is 0.150. The van der Waals surface area contributed by atoms with Gasteiger partial charge >= 0.3 is 0 Å². The number of nitrogens with zero attached hydrogens (tertiary/aromatic N) is 3. The van der Waals surface area contributed by atoms with Crippen molar-refractivity contribution in [2.75, 3.05) is 23.5 Å². The summed E-state index contributed by atoms with van der Waals surface area (Å²) in [6.45, 7) is 3.89. The normalized spacial score (nSPS) is 11.2. The molecule has 0 saturated heterocycles. The number of nitrogens with one attached hydrogen (secondary N) is 1. The Bertz CT molecular complexity index is 1030. The van der Waals surface area contributed by atoms with Gasteiger partial charge in [-0.2, -0.15) is 4.98 Å². The van der Waals surface area contributed by atoms with Crippen molar-refractivity contribution in [3.8, 4) is 0 Å². The molecule has 0 amide bonds. The maximum Gasteiger partial charge on any atom is 0.229 e. The highest BCUT2D eigenvalue weighted by atomic mass is 32.2. The van der Waals surface area contributed by atoms with Crippen molar-refractivity contribution >= 4 is 33.0 Å². The molecule has 7 heteroatoms. The Labute approximate surface area is 159 Å². The third kappa shape index (κ3) is 5.27. The average molecular weight is 381 g/mol. The quantitative estimate of drug-likeness (QED) is 0.701. The van der Waals surface area contributed by atoms with Gasteiger partial charge in [-0.15, -0.1) is 0 Å². The van der Waals surface area contributed by atoms with Crippen molar-refractivity contribution < 1.29 is 8.42 Å². The van der Waals surface area contributed by atoms with Gasteiger partial charge in [0.25, 0.3) is 0 Å². The van der Waals surface area contributed by atoms with Gasteiger partial charge in [0.1, 0.15) is 5.82 Å². The highest BCUT2D eigenvalue weighted by molar-refractivity contribution is 7.89. The molecule has 0 fully saturated rings. The minimum atomic E-state index is -3.09. The minimum absolute atomic E-state index is 0.00552. The van der Waals surface area contributed by atoms with Crippen molar-refractivity contribution in [3.63, 3.8) is 0 Å². The Hall–Kier alpha value is -2.93. The van der Waals surface area contributed by atoms with Gasteiger partial charge in [-0.3, -0.25) is 0 Å². The van der Waals surface area contributed by atoms with E-state index in [-0.39, 0.29) is 5.75 Å². The fourth-order valence-corrected chi connectivity index (χ4v) is 3.40. The van der Waals surface area contributed by atoms with Crippen molar-refractivity contribution in [2.45, 2.75) is 5.75 Å². The maximum absolute atomic E-state index is 11.5. The Balaban J connectivity index is 1.80. The van der Waals surface area contributed by atoms with Crippen molar-refractivity contribution in [1.29, 1.82) is 0 Å². The van der Waals surface area contributed by atoms with Crippen LogP contribution in [0.3, 0.4) is 0 Å². The number of rotatable bonds is 6. The van der Waals surface area contributed by atoms with Gasteiger partial charge in [0.15, 0.2) is 9.84 Å². The van der Waals surface area contributed by atoms with Crippen LogP contribution in [0.5, 0.6) is 0 Å². The summed E-state index contributed by atoms with van der Waals surface area (Å²) in [6, 6.07) is 16.9. The second-order valence-corrected chi connectivity index (χ2v) is 8.50. The second kappa shape index (κ2) is 7.75. The molecule has 0 aliphatic carbocycles. The highest BCUT2D eigenvalue weighted by Crippen LogP contribution is 2.23. The van der Waals surface area contributed by atoms with Crippen molar-refractivity contribution in [1.82, 2.24) is 9.97 Å². The molecule has 27 heavy (non-hydrogen) atoms. The summed E-state index contributed by atoms with van der Waals surface area (Å²) in [7, 11) is -1.16. The topological polar surface area (TPSA) is 75.2 Å². The molecule has 6 nitrogen and oxygen atoms in total. The lowest BCUT2D eigenvalue weighted by molar-refractivity contribution is 0.601. The maximum atomic E-state index is 11.5. The smallest absolute Gasteiger partial charge is 0.229 e. The molecule has 1 heterocycles. The lowest BCUT2D eigenvalue weighted by Gasteiger charge is -2.19. The lowest BCUT2D eigenvalue weighted by Crippen LogP contribution is -2.12. The molecule has 0 aliphatic heterocycles. The fourth-order valence-electron chi connectivity index (χ4n) is 2.62. The first-order valence-corrected chi connectivity index (χ1v) is 10.4. The van der Waals surface area contributed by atoms with Gasteiger partial charge in [0.05, 0.1) is 5.75 Å². The third-order valence-electron chi connectivity index (χ3n) is 3.92. The third-order valence-corrected chi connectivity index (χ3v) is 4.78. The van der Waals surface area contributed by atoms with Crippen LogP contribution in [0.2, 0.25) is 0 Å². The van der Waals surface area contributed by atoms with Crippen LogP contribution in [0.4, 0.5) is 23.1 Å². The molecule has 0 spiro atoms. The van der Waals surface area contributed by atoms with E-state index in [2.05, 4.69) is 22.2 Å². The Morgan fingerprint density at radius 3 is 2.56 bits per heavy atom. The average Bonchev–Trinajstić information content (AvgIpc) is 2.61. The first-order chi connectivity index (χ1) is 12.8. The highest BCUT2D eigenvalue weighted by Gasteiger charge is 2.09. The number of sulfone groups is 1. The van der Waals surface area contributed by atoms with Crippen LogP contribution >= 0.6 is 0 Å². The SMILES string of the molecule is [CH2]c1ccc(N(C)c2ccnc(Nc3cccc(CS(C)(=O)=O)c3)n2)cc1. The van der Waals surface area contributed by atoms with Gasteiger partial charge in [-0.05, 0) is 48.4 Å². The molecule has 0 unspecified atom stereocenters. The number of aromatic nitrogens is 2. The van der Waals surface area contributed by atoms with E-state index in [0.717, 1.165) is 22.8 Å². The van der Waals surface area contributed by atoms with Crippen molar-refractivity contribution in [2.24, 2.45) is 0 Å². The zero-order valence-electron chi connectivity index (χ0n) is 15.3. The van der Waals surface area contributed by atoms with Crippen LogP contribution < -0.4 is 10.2 Å². The van der Waals surface area contributed by atoms with Crippen LogP contribution in [0.15, 0.2) is 60.8 Å². The van der Waals surface area contributed by atoms with Gasteiger partial charge in [-0.1, -0.05) is 24.3 Å². The zero-order chi connectivity index (χ0) is 19.4. The predicted octanol–water partition coefficient (Wildman–Crippen LogP) is 3.71. The largest absolute Gasteiger partial charge is 0.329 e. The zero-order valence-corrected chi connectivity index (χ0v) is 16.1. The standard InChI is InChI=1S/C20H21N4O2S/c1-15-7-9-18(10-8-15)24(2)19-11-12-21-20(23-19)22-17-6-4-5-16(13-17)14-27(3,25)26/h4-13H,1,14H2,2-3H3,(H,21,22,23). The predicted molar refractivity (Wildman–Crippen MR) is 109 cm³/mol. The summed E-state index contributed by atoms with van der Waals surface area (Å²) < 4.78 is 23.0. The van der Waals surface area contributed by atoms with E-state index in [1.54, 1.807) is 24.4 Å². The van der Waals surface area contributed by atoms with E-state index in [9.17, 15) is 8.42 Å². The van der Waals surface area contributed by atoms with Gasteiger partial charge in [0.2, 0.25) is 5.95 Å². The number of hydrogen-bond donors (Lipinski definition) is 1. The molecule has 139 valence electrons. The van der Waals surface area contributed by atoms with Crippen molar-refractivity contribution in [3.05, 3.63) is 78.8 Å². The molecule has 0 saturated carbocycles. The summed E-state index contributed by atoms with van der Waals surface area (Å²) >= 11 is 0. The first-order valence-electron chi connectivity index (χ1n) is 8.33. The van der Waals surface area contributed by atoms with E-state index >= 15 is 0 Å². The lowest BCUT2D eigenvalue weighted by atomic mass is 10.2. The summed E-state index contributed by atoms with van der Waals surface area (Å²) in [6.07, 6.45) is 2.90. The Kier molecular flexibility index (Phi) is 5.41. The summed E-state index contributed by atoms with van der Waals surface area (Å²) in [5.74, 6) is 1.16. The van der Waals surface area contributed by atoms with E-state index < -0.39 is 9.84 Å². The summed E-state index contributed by atoms with van der Waals surface area (Å²) in [4.78, 5) is 10.7. The van der Waals surface area contributed by atoms with Gasteiger partial charge in [0, 0.05) is 30.9 Å². The Morgan fingerprint density at radius 1 is 1.11 bits per heavy atom. The minimum Gasteiger partial charge on any atom is -0.329 e. The molecule has 0 aliphatic rings. The number of anilines is 4. The van der Waals surface area contributed by atoms with E-state index in [1.807, 2.05) is 48.3 Å². The molecule has 3 rings (SSSR count). The summed E-state index contributed by atoms with van der Waals surface area (Å²) in [5.41, 5.74) is 3.38. The molecular formula is C20H21N4O2S. The van der Waals surface area contributed by atoms with Crippen LogP contribution in [0.1, 0.15) is 11.1 Å². The first kappa shape index (κ1) is 18.8. The van der Waals surface area contributed by atoms with Crippen LogP contribution in [-0.2, 0) is 15.6 Å². The molecule has 1 aromatic heterocycles. The van der Waals surface area contributed by atoms with E-state index in [4.69, 9.17) is 0 Å². The molecule has 0 bridgehead atoms. The number of hydrogen-bond acceptors (Lipinski definition) is 6. The van der Waals surface area contributed by atoms with Gasteiger partial charge < -0.3 is 10.2 Å². The van der Waals surface area contributed by atoms with Crippen LogP contribution in [0.25, 0.3) is 0 Å². The van der Waals surface area contributed by atoms with E-state index in [0.29, 0.717) is 11.5 Å². The molecule has 1 N–H and O–H groups in total. The monoisotopic (exact) mass is 381 g/mol. The molecule has 3 aromatic rings. The van der Waals surface area contributed by atoms with E-state index in [1.165, 1.54) is 6.26 Å². The van der Waals surface area contributed by atoms with Gasteiger partial charge in [-0.25, -0.2) is 13.4 Å².